The van der Waals surface area contributed by atoms with Crippen molar-refractivity contribution < 1.29 is 10.0 Å². The summed E-state index contributed by atoms with van der Waals surface area (Å²) in [5.74, 6) is 0.0607. The van der Waals surface area contributed by atoms with Gasteiger partial charge >= 0.3 is 0 Å². The molecule has 0 aliphatic carbocycles. The second-order valence-electron chi connectivity index (χ2n) is 3.86. The first-order chi connectivity index (χ1) is 8.17. The van der Waals surface area contributed by atoms with Gasteiger partial charge in [0, 0.05) is 30.0 Å². The summed E-state index contributed by atoms with van der Waals surface area (Å²) < 4.78 is 0. The molecule has 17 heavy (non-hydrogen) atoms. The fourth-order valence-corrected chi connectivity index (χ4v) is 2.17. The van der Waals surface area contributed by atoms with Gasteiger partial charge in [0.15, 0.2) is 0 Å². The Morgan fingerprint density at radius 3 is 3.00 bits per heavy atom. The van der Waals surface area contributed by atoms with Gasteiger partial charge in [0.05, 0.1) is 11.4 Å². The minimum atomic E-state index is 0.0607. The molecule has 1 heterocycles. The van der Waals surface area contributed by atoms with E-state index < -0.39 is 0 Å². The third kappa shape index (κ3) is 2.13. The molecule has 1 N–H and O–H groups in total. The molecule has 1 amide bonds. The molecule has 0 bridgehead atoms. The lowest BCUT2D eigenvalue weighted by atomic mass is 9.99. The number of anilines is 1. The van der Waals surface area contributed by atoms with Crippen LogP contribution in [-0.2, 0) is 4.79 Å². The number of hydrogen-bond acceptors (Lipinski definition) is 3. The maximum absolute atomic E-state index is 11.8. The van der Waals surface area contributed by atoms with Crippen molar-refractivity contribution in [1.82, 2.24) is 0 Å². The Balaban J connectivity index is 2.51. The quantitative estimate of drug-likeness (QED) is 0.617. The summed E-state index contributed by atoms with van der Waals surface area (Å²) in [6.45, 7) is 2.37. The third-order valence-electron chi connectivity index (χ3n) is 2.86. The Labute approximate surface area is 104 Å². The second-order valence-corrected chi connectivity index (χ2v) is 4.29. The molecule has 0 atom stereocenters. The lowest BCUT2D eigenvalue weighted by Crippen LogP contribution is -2.37. The van der Waals surface area contributed by atoms with Gasteiger partial charge in [-0.05, 0) is 18.2 Å². The summed E-state index contributed by atoms with van der Waals surface area (Å²) in [5.41, 5.74) is 2.07. The smallest absolute Gasteiger partial charge is 0.226 e. The Morgan fingerprint density at radius 1 is 1.59 bits per heavy atom. The molecule has 0 fully saturated rings. The fraction of sp³-hybridized carbons (Fsp3) is 0.333. The molecule has 1 aliphatic heterocycles. The molecule has 1 aromatic rings. The lowest BCUT2D eigenvalue weighted by Gasteiger charge is -2.29. The molecule has 4 nitrogen and oxygen atoms in total. The van der Waals surface area contributed by atoms with Crippen molar-refractivity contribution in [2.75, 3.05) is 11.4 Å². The van der Waals surface area contributed by atoms with Crippen molar-refractivity contribution in [2.24, 2.45) is 5.16 Å². The van der Waals surface area contributed by atoms with E-state index in [0.717, 1.165) is 11.3 Å². The van der Waals surface area contributed by atoms with E-state index >= 15 is 0 Å². The number of oxime groups is 1. The van der Waals surface area contributed by atoms with E-state index in [9.17, 15) is 4.79 Å². The molecule has 5 heteroatoms. The zero-order valence-electron chi connectivity index (χ0n) is 9.48. The van der Waals surface area contributed by atoms with Crippen LogP contribution in [0, 0.1) is 0 Å². The van der Waals surface area contributed by atoms with Gasteiger partial charge in [-0.25, -0.2) is 0 Å². The predicted octanol–water partition coefficient (Wildman–Crippen LogP) is 2.67. The molecular formula is C12H13ClN2O2. The Hall–Kier alpha value is -1.55. The van der Waals surface area contributed by atoms with Crippen molar-refractivity contribution in [2.45, 2.75) is 19.8 Å². The monoisotopic (exact) mass is 252 g/mol. The molecule has 1 aliphatic rings. The van der Waals surface area contributed by atoms with E-state index in [1.165, 1.54) is 0 Å². The zero-order valence-corrected chi connectivity index (χ0v) is 10.2. The number of halogens is 1. The van der Waals surface area contributed by atoms with Crippen LogP contribution in [0.4, 0.5) is 5.69 Å². The van der Waals surface area contributed by atoms with Crippen molar-refractivity contribution in [3.05, 3.63) is 28.8 Å². The highest BCUT2D eigenvalue weighted by Crippen LogP contribution is 2.30. The summed E-state index contributed by atoms with van der Waals surface area (Å²) in [5, 5.41) is 12.8. The zero-order chi connectivity index (χ0) is 12.4. The van der Waals surface area contributed by atoms with Gasteiger partial charge in [-0.15, -0.1) is 0 Å². The van der Waals surface area contributed by atoms with Crippen LogP contribution < -0.4 is 4.90 Å². The molecule has 0 radical (unpaired) electrons. The SMILES string of the molecule is CCC(=O)N1CC/C(=N\O)c2cc(Cl)ccc21. The number of hydrogen-bond donors (Lipinski definition) is 1. The van der Waals surface area contributed by atoms with E-state index in [2.05, 4.69) is 5.16 Å². The summed E-state index contributed by atoms with van der Waals surface area (Å²) >= 11 is 5.92. The van der Waals surface area contributed by atoms with Crippen LogP contribution in [0.15, 0.2) is 23.4 Å². The first-order valence-electron chi connectivity index (χ1n) is 5.48. The van der Waals surface area contributed by atoms with Crippen molar-refractivity contribution in [3.8, 4) is 0 Å². The number of nitrogens with zero attached hydrogens (tertiary/aromatic N) is 2. The maximum Gasteiger partial charge on any atom is 0.226 e. The summed E-state index contributed by atoms with van der Waals surface area (Å²) in [6.07, 6.45) is 0.989. The van der Waals surface area contributed by atoms with Gasteiger partial charge in [0.25, 0.3) is 0 Å². The fourth-order valence-electron chi connectivity index (χ4n) is 2.00. The van der Waals surface area contributed by atoms with E-state index in [1.54, 1.807) is 23.1 Å². The topological polar surface area (TPSA) is 52.9 Å². The van der Waals surface area contributed by atoms with Gasteiger partial charge in [0.2, 0.25) is 5.91 Å². The highest BCUT2D eigenvalue weighted by Gasteiger charge is 2.25. The highest BCUT2D eigenvalue weighted by molar-refractivity contribution is 6.31. The number of fused-ring (bicyclic) bond motifs is 1. The van der Waals surface area contributed by atoms with Crippen molar-refractivity contribution in [3.63, 3.8) is 0 Å². The van der Waals surface area contributed by atoms with Crippen LogP contribution >= 0.6 is 11.6 Å². The first kappa shape index (κ1) is 11.9. The first-order valence-corrected chi connectivity index (χ1v) is 5.86. The standard InChI is InChI=1S/C12H13ClN2O2/c1-2-12(16)15-6-5-10(14-17)9-7-8(13)3-4-11(9)15/h3-4,7,17H,2,5-6H2,1H3/b14-10+. The molecule has 2 rings (SSSR count). The van der Waals surface area contributed by atoms with Crippen LogP contribution in [-0.4, -0.2) is 23.4 Å². The predicted molar refractivity (Wildman–Crippen MR) is 67.0 cm³/mol. The molecule has 0 saturated carbocycles. The average Bonchev–Trinajstić information content (AvgIpc) is 2.36. The summed E-state index contributed by atoms with van der Waals surface area (Å²) in [6, 6.07) is 5.24. The molecular weight excluding hydrogens is 240 g/mol. The molecule has 0 saturated heterocycles. The van der Waals surface area contributed by atoms with Crippen LogP contribution in [0.25, 0.3) is 0 Å². The lowest BCUT2D eigenvalue weighted by molar-refractivity contribution is -0.118. The minimum Gasteiger partial charge on any atom is -0.411 e. The third-order valence-corrected chi connectivity index (χ3v) is 3.09. The van der Waals surface area contributed by atoms with Crippen LogP contribution in [0.2, 0.25) is 5.02 Å². The Kier molecular flexibility index (Phi) is 3.33. The number of rotatable bonds is 1. The molecule has 0 aromatic heterocycles. The van der Waals surface area contributed by atoms with Gasteiger partial charge in [-0.1, -0.05) is 23.7 Å². The summed E-state index contributed by atoms with van der Waals surface area (Å²) in [4.78, 5) is 13.5. The van der Waals surface area contributed by atoms with E-state index in [4.69, 9.17) is 16.8 Å². The van der Waals surface area contributed by atoms with E-state index in [0.29, 0.717) is 30.1 Å². The van der Waals surface area contributed by atoms with E-state index in [-0.39, 0.29) is 5.91 Å². The van der Waals surface area contributed by atoms with Crippen LogP contribution in [0.5, 0.6) is 0 Å². The van der Waals surface area contributed by atoms with E-state index in [1.807, 2.05) is 6.92 Å². The molecule has 90 valence electrons. The number of carbonyl (C=O) groups is 1. The van der Waals surface area contributed by atoms with Crippen LogP contribution in [0.3, 0.4) is 0 Å². The van der Waals surface area contributed by atoms with Gasteiger partial charge in [0.1, 0.15) is 0 Å². The molecule has 0 spiro atoms. The highest BCUT2D eigenvalue weighted by atomic mass is 35.5. The van der Waals surface area contributed by atoms with Crippen molar-refractivity contribution >= 4 is 28.9 Å². The van der Waals surface area contributed by atoms with Gasteiger partial charge in [-0.2, -0.15) is 0 Å². The minimum absolute atomic E-state index is 0.0607. The van der Waals surface area contributed by atoms with Crippen molar-refractivity contribution in [1.29, 1.82) is 0 Å². The average molecular weight is 253 g/mol. The molecule has 1 aromatic carbocycles. The number of amides is 1. The van der Waals surface area contributed by atoms with Gasteiger partial charge in [-0.3, -0.25) is 4.79 Å². The summed E-state index contributed by atoms with van der Waals surface area (Å²) in [7, 11) is 0. The normalized spacial score (nSPS) is 17.1. The largest absolute Gasteiger partial charge is 0.411 e. The Bertz CT molecular complexity index is 485. The maximum atomic E-state index is 11.8. The number of benzene rings is 1. The Morgan fingerprint density at radius 2 is 2.35 bits per heavy atom. The van der Waals surface area contributed by atoms with Crippen LogP contribution in [0.1, 0.15) is 25.3 Å². The second kappa shape index (κ2) is 4.75. The number of carbonyl (C=O) groups excluding carboxylic acids is 1. The molecule has 0 unspecified atom stereocenters. The van der Waals surface area contributed by atoms with Gasteiger partial charge < -0.3 is 10.1 Å².